The molecule has 1 N–H and O–H groups in total. The number of hydrogen-bond acceptors (Lipinski definition) is 3. The standard InChI is InChI=1S/C25H21N3O2/c1-28-21-15-9-8-14-19(21)22(24(28)30)26-27-23(29)20-16-25(20,17-10-4-2-5-11-17)18-12-6-3-7-13-18/h2-15,20,30H,16H2,1H3/t20-/m0/s1. The molecule has 1 amide bonds. The lowest BCUT2D eigenvalue weighted by Crippen LogP contribution is -2.16. The fraction of sp³-hybridized carbons (Fsp3) is 0.160. The number of rotatable bonds is 4. The summed E-state index contributed by atoms with van der Waals surface area (Å²) in [6, 6.07) is 27.7. The second kappa shape index (κ2) is 6.95. The number of carbonyl (C=O) groups excluding carboxylic acids is 1. The van der Waals surface area contributed by atoms with Gasteiger partial charge in [-0.3, -0.25) is 4.79 Å². The van der Waals surface area contributed by atoms with Gasteiger partial charge in [-0.05, 0) is 23.6 Å². The van der Waals surface area contributed by atoms with Crippen LogP contribution in [0.1, 0.15) is 17.5 Å². The lowest BCUT2D eigenvalue weighted by molar-refractivity contribution is -0.119. The minimum Gasteiger partial charge on any atom is -0.493 e. The van der Waals surface area contributed by atoms with Gasteiger partial charge in [-0.2, -0.15) is 0 Å². The van der Waals surface area contributed by atoms with E-state index in [1.165, 1.54) is 0 Å². The molecular weight excluding hydrogens is 374 g/mol. The number of carbonyl (C=O) groups is 1. The van der Waals surface area contributed by atoms with Crippen LogP contribution in [0.3, 0.4) is 0 Å². The van der Waals surface area contributed by atoms with Gasteiger partial charge in [0.05, 0.1) is 11.4 Å². The van der Waals surface area contributed by atoms with Crippen molar-refractivity contribution in [1.29, 1.82) is 0 Å². The summed E-state index contributed by atoms with van der Waals surface area (Å²) in [5, 5.41) is 19.4. The van der Waals surface area contributed by atoms with Gasteiger partial charge in [-0.1, -0.05) is 78.9 Å². The number of azo groups is 1. The van der Waals surface area contributed by atoms with Gasteiger partial charge < -0.3 is 9.67 Å². The van der Waals surface area contributed by atoms with Crippen LogP contribution in [0.2, 0.25) is 0 Å². The Morgan fingerprint density at radius 3 is 2.13 bits per heavy atom. The molecule has 1 aliphatic carbocycles. The summed E-state index contributed by atoms with van der Waals surface area (Å²) in [6.07, 6.45) is 0.695. The van der Waals surface area contributed by atoms with E-state index in [9.17, 15) is 9.90 Å². The third kappa shape index (κ3) is 2.74. The van der Waals surface area contributed by atoms with Gasteiger partial charge in [0.25, 0.3) is 5.91 Å². The van der Waals surface area contributed by atoms with Crippen LogP contribution in [0.15, 0.2) is 95.2 Å². The van der Waals surface area contributed by atoms with E-state index in [2.05, 4.69) is 34.5 Å². The van der Waals surface area contributed by atoms with Gasteiger partial charge in [0.1, 0.15) is 0 Å². The maximum absolute atomic E-state index is 13.0. The van der Waals surface area contributed by atoms with Crippen molar-refractivity contribution in [2.45, 2.75) is 11.8 Å². The molecule has 5 rings (SSSR count). The van der Waals surface area contributed by atoms with E-state index in [1.54, 1.807) is 11.6 Å². The third-order valence-electron chi connectivity index (χ3n) is 6.14. The zero-order valence-corrected chi connectivity index (χ0v) is 16.6. The van der Waals surface area contributed by atoms with Gasteiger partial charge in [0.15, 0.2) is 5.69 Å². The van der Waals surface area contributed by atoms with Gasteiger partial charge in [-0.15, -0.1) is 10.2 Å². The molecule has 1 aromatic heterocycles. The summed E-state index contributed by atoms with van der Waals surface area (Å²) in [4.78, 5) is 13.0. The zero-order valence-electron chi connectivity index (χ0n) is 16.6. The minimum atomic E-state index is -0.376. The Balaban J connectivity index is 1.50. The van der Waals surface area contributed by atoms with Crippen molar-refractivity contribution >= 4 is 22.5 Å². The number of aromatic hydroxyl groups is 1. The monoisotopic (exact) mass is 395 g/mol. The highest BCUT2D eigenvalue weighted by Crippen LogP contribution is 2.59. The summed E-state index contributed by atoms with van der Waals surface area (Å²) in [5.74, 6) is -0.542. The Morgan fingerprint density at radius 1 is 0.933 bits per heavy atom. The summed E-state index contributed by atoms with van der Waals surface area (Å²) in [5.41, 5.74) is 3.01. The number of amides is 1. The summed E-state index contributed by atoms with van der Waals surface area (Å²) >= 11 is 0. The van der Waals surface area contributed by atoms with E-state index >= 15 is 0 Å². The van der Waals surface area contributed by atoms with E-state index < -0.39 is 0 Å². The van der Waals surface area contributed by atoms with Crippen LogP contribution in [0.25, 0.3) is 10.9 Å². The minimum absolute atomic E-state index is 0.000860. The molecule has 1 heterocycles. The fourth-order valence-corrected chi connectivity index (χ4v) is 4.46. The molecule has 5 heteroatoms. The first kappa shape index (κ1) is 18.3. The second-order valence-corrected chi connectivity index (χ2v) is 7.75. The van der Waals surface area contributed by atoms with Gasteiger partial charge >= 0.3 is 0 Å². The van der Waals surface area contributed by atoms with E-state index in [1.807, 2.05) is 60.7 Å². The predicted molar refractivity (Wildman–Crippen MR) is 116 cm³/mol. The predicted octanol–water partition coefficient (Wildman–Crippen LogP) is 5.50. The van der Waals surface area contributed by atoms with Crippen LogP contribution in [0.5, 0.6) is 5.88 Å². The first-order valence-corrected chi connectivity index (χ1v) is 9.96. The van der Waals surface area contributed by atoms with Crippen LogP contribution in [0.4, 0.5) is 5.69 Å². The molecule has 1 aliphatic rings. The average molecular weight is 395 g/mol. The molecule has 148 valence electrons. The van der Waals surface area contributed by atoms with Crippen LogP contribution in [0, 0.1) is 5.92 Å². The van der Waals surface area contributed by atoms with Crippen molar-refractivity contribution < 1.29 is 9.90 Å². The number of nitrogens with zero attached hydrogens (tertiary/aromatic N) is 3. The molecule has 1 atom stereocenters. The van der Waals surface area contributed by atoms with Crippen molar-refractivity contribution in [2.24, 2.45) is 23.2 Å². The number of aryl methyl sites for hydroxylation is 1. The second-order valence-electron chi connectivity index (χ2n) is 7.75. The van der Waals surface area contributed by atoms with Gasteiger partial charge in [-0.25, -0.2) is 0 Å². The number of hydrogen-bond donors (Lipinski definition) is 1. The Kier molecular flexibility index (Phi) is 4.24. The lowest BCUT2D eigenvalue weighted by Gasteiger charge is -2.17. The Morgan fingerprint density at radius 2 is 1.50 bits per heavy atom. The summed E-state index contributed by atoms with van der Waals surface area (Å²) in [7, 11) is 1.76. The Hall–Kier alpha value is -3.73. The van der Waals surface area contributed by atoms with E-state index in [0.717, 1.165) is 22.0 Å². The number of para-hydroxylation sites is 1. The zero-order chi connectivity index (χ0) is 20.7. The molecule has 0 saturated heterocycles. The highest BCUT2D eigenvalue weighted by molar-refractivity contribution is 5.95. The Labute approximate surface area is 174 Å². The number of fused-ring (bicyclic) bond motifs is 1. The largest absolute Gasteiger partial charge is 0.493 e. The molecule has 0 aliphatic heterocycles. The molecule has 0 radical (unpaired) electrons. The number of aromatic nitrogens is 1. The van der Waals surface area contributed by atoms with Crippen LogP contribution in [-0.2, 0) is 17.3 Å². The topological polar surface area (TPSA) is 66.9 Å². The third-order valence-corrected chi connectivity index (χ3v) is 6.14. The highest BCUT2D eigenvalue weighted by Gasteiger charge is 2.60. The molecule has 0 spiro atoms. The SMILES string of the molecule is Cn1c(O)c(N=NC(=O)[C@@H]2CC2(c2ccccc2)c2ccccc2)c2ccccc21. The molecule has 30 heavy (non-hydrogen) atoms. The molecule has 4 aromatic rings. The first-order chi connectivity index (χ1) is 14.6. The summed E-state index contributed by atoms with van der Waals surface area (Å²) < 4.78 is 1.64. The summed E-state index contributed by atoms with van der Waals surface area (Å²) in [6.45, 7) is 0. The molecular formula is C25H21N3O2. The maximum Gasteiger partial charge on any atom is 0.269 e. The molecule has 1 fully saturated rings. The van der Waals surface area contributed by atoms with Gasteiger partial charge in [0.2, 0.25) is 5.88 Å². The quantitative estimate of drug-likeness (QED) is 0.464. The first-order valence-electron chi connectivity index (χ1n) is 9.96. The number of benzene rings is 3. The fourth-order valence-electron chi connectivity index (χ4n) is 4.46. The van der Waals surface area contributed by atoms with Crippen LogP contribution in [-0.4, -0.2) is 15.6 Å². The van der Waals surface area contributed by atoms with Crippen molar-refractivity contribution in [3.8, 4) is 5.88 Å². The van der Waals surface area contributed by atoms with E-state index in [4.69, 9.17) is 0 Å². The average Bonchev–Trinajstić information content (AvgIpc) is 3.52. The smallest absolute Gasteiger partial charge is 0.269 e. The van der Waals surface area contributed by atoms with Crippen molar-refractivity contribution in [2.75, 3.05) is 0 Å². The van der Waals surface area contributed by atoms with Crippen LogP contribution >= 0.6 is 0 Å². The van der Waals surface area contributed by atoms with E-state index in [-0.39, 0.29) is 23.1 Å². The van der Waals surface area contributed by atoms with Crippen molar-refractivity contribution in [3.63, 3.8) is 0 Å². The molecule has 0 bridgehead atoms. The van der Waals surface area contributed by atoms with Crippen molar-refractivity contribution in [1.82, 2.24) is 4.57 Å². The van der Waals surface area contributed by atoms with Crippen LogP contribution < -0.4 is 0 Å². The van der Waals surface area contributed by atoms with Gasteiger partial charge in [0, 0.05) is 17.8 Å². The highest BCUT2D eigenvalue weighted by atomic mass is 16.3. The maximum atomic E-state index is 13.0. The normalized spacial score (nSPS) is 17.4. The lowest BCUT2D eigenvalue weighted by atomic mass is 9.85. The molecule has 3 aromatic carbocycles. The molecule has 1 saturated carbocycles. The molecule has 0 unspecified atom stereocenters. The Bertz CT molecular complexity index is 1220. The van der Waals surface area contributed by atoms with Crippen molar-refractivity contribution in [3.05, 3.63) is 96.1 Å². The molecule has 5 nitrogen and oxygen atoms in total. The van der Waals surface area contributed by atoms with E-state index in [0.29, 0.717) is 12.1 Å².